The van der Waals surface area contributed by atoms with E-state index in [9.17, 15) is 0 Å². The van der Waals surface area contributed by atoms with Crippen LogP contribution in [-0.4, -0.2) is 58.6 Å². The van der Waals surface area contributed by atoms with Crippen molar-refractivity contribution >= 4 is 47.2 Å². The van der Waals surface area contributed by atoms with Crippen LogP contribution in [0.5, 0.6) is 0 Å². The van der Waals surface area contributed by atoms with E-state index >= 15 is 0 Å². The van der Waals surface area contributed by atoms with Crippen LogP contribution in [0, 0.1) is 0 Å². The van der Waals surface area contributed by atoms with Gasteiger partial charge < -0.3 is 20.1 Å². The van der Waals surface area contributed by atoms with Crippen LogP contribution in [0.2, 0.25) is 5.02 Å². The highest BCUT2D eigenvalue weighted by Crippen LogP contribution is 2.20. The summed E-state index contributed by atoms with van der Waals surface area (Å²) in [5.74, 6) is 1.88. The number of benzene rings is 1. The molecule has 9 nitrogen and oxygen atoms in total. The number of guanidine groups is 1. The van der Waals surface area contributed by atoms with E-state index in [1.54, 1.807) is 7.05 Å². The monoisotopic (exact) mass is 570 g/mol. The molecule has 0 radical (unpaired) electrons. The van der Waals surface area contributed by atoms with E-state index in [1.165, 1.54) is 0 Å². The maximum Gasteiger partial charge on any atom is 0.228 e. The zero-order valence-corrected chi connectivity index (χ0v) is 21.2. The SMILES string of the molecule is CN=C(NCCc1nc(-c2cccc(Cl)c2)no1)NC1CCCN(c2cnn(C)c2)C1.I. The molecule has 0 spiro atoms. The van der Waals surface area contributed by atoms with Crippen molar-refractivity contribution in [3.8, 4) is 11.4 Å². The van der Waals surface area contributed by atoms with Crippen molar-refractivity contribution in [3.63, 3.8) is 0 Å². The fourth-order valence-electron chi connectivity index (χ4n) is 3.68. The molecule has 1 fully saturated rings. The molecule has 32 heavy (non-hydrogen) atoms. The highest BCUT2D eigenvalue weighted by molar-refractivity contribution is 14.0. The second kappa shape index (κ2) is 11.5. The summed E-state index contributed by atoms with van der Waals surface area (Å²) in [6.07, 6.45) is 6.79. The maximum absolute atomic E-state index is 6.04. The van der Waals surface area contributed by atoms with Crippen LogP contribution in [0.25, 0.3) is 11.4 Å². The Morgan fingerprint density at radius 1 is 1.38 bits per heavy atom. The van der Waals surface area contributed by atoms with Gasteiger partial charge in [0.15, 0.2) is 5.96 Å². The molecule has 0 bridgehead atoms. The number of rotatable bonds is 6. The lowest BCUT2D eigenvalue weighted by Gasteiger charge is -2.34. The molecule has 1 saturated heterocycles. The van der Waals surface area contributed by atoms with Crippen LogP contribution in [0.1, 0.15) is 18.7 Å². The molecule has 1 aliphatic heterocycles. The summed E-state index contributed by atoms with van der Waals surface area (Å²) in [6.45, 7) is 2.59. The van der Waals surface area contributed by atoms with Crippen LogP contribution >= 0.6 is 35.6 Å². The first-order valence-electron chi connectivity index (χ1n) is 10.4. The molecule has 1 aliphatic rings. The van der Waals surface area contributed by atoms with Crippen LogP contribution in [0.15, 0.2) is 46.2 Å². The molecule has 11 heteroatoms. The first kappa shape index (κ1) is 24.3. The van der Waals surface area contributed by atoms with Crippen LogP contribution in [0.4, 0.5) is 5.69 Å². The van der Waals surface area contributed by atoms with Gasteiger partial charge in [0.25, 0.3) is 0 Å². The molecule has 4 rings (SSSR count). The van der Waals surface area contributed by atoms with E-state index in [1.807, 2.05) is 42.2 Å². The molecular formula is C21H28ClIN8O. The van der Waals surface area contributed by atoms with Gasteiger partial charge in [0, 0.05) is 63.0 Å². The second-order valence-corrected chi connectivity index (χ2v) is 8.01. The highest BCUT2D eigenvalue weighted by Gasteiger charge is 2.21. The van der Waals surface area contributed by atoms with Gasteiger partial charge in [0.05, 0.1) is 11.9 Å². The summed E-state index contributed by atoms with van der Waals surface area (Å²) < 4.78 is 7.21. The lowest BCUT2D eigenvalue weighted by Crippen LogP contribution is -2.51. The molecule has 172 valence electrons. The first-order valence-corrected chi connectivity index (χ1v) is 10.8. The molecule has 0 amide bonds. The van der Waals surface area contributed by atoms with Gasteiger partial charge in [-0.2, -0.15) is 10.1 Å². The average molecular weight is 571 g/mol. The van der Waals surface area contributed by atoms with E-state index < -0.39 is 0 Å². The minimum absolute atomic E-state index is 0. The van der Waals surface area contributed by atoms with E-state index in [2.05, 4.69) is 42.0 Å². The highest BCUT2D eigenvalue weighted by atomic mass is 127. The number of nitrogens with zero attached hydrogens (tertiary/aromatic N) is 6. The topological polar surface area (TPSA) is 96.4 Å². The van der Waals surface area contributed by atoms with Crippen LogP contribution in [-0.2, 0) is 13.5 Å². The van der Waals surface area contributed by atoms with Gasteiger partial charge in [-0.1, -0.05) is 28.9 Å². The molecule has 0 aliphatic carbocycles. The van der Waals surface area contributed by atoms with Crippen molar-refractivity contribution < 1.29 is 4.52 Å². The smallest absolute Gasteiger partial charge is 0.228 e. The van der Waals surface area contributed by atoms with E-state index in [4.69, 9.17) is 16.1 Å². The quantitative estimate of drug-likeness (QED) is 0.267. The Morgan fingerprint density at radius 3 is 3.00 bits per heavy atom. The Bertz CT molecular complexity index is 1040. The number of hydrogen-bond acceptors (Lipinski definition) is 6. The molecule has 3 aromatic rings. The number of piperidine rings is 1. The van der Waals surface area contributed by atoms with Crippen molar-refractivity contribution in [1.29, 1.82) is 0 Å². The number of aryl methyl sites for hydroxylation is 1. The number of nitrogens with one attached hydrogen (secondary N) is 2. The molecule has 1 atom stereocenters. The number of halogens is 2. The maximum atomic E-state index is 6.04. The third-order valence-electron chi connectivity index (χ3n) is 5.22. The standard InChI is InChI=1S/C21H27ClN8O.HI/c1-23-21(26-17-7-4-10-30(13-17)18-12-25-29(2)14-18)24-9-8-19-27-20(28-31-19)15-5-3-6-16(22)11-15;/h3,5-6,11-12,14,17H,4,7-10,13H2,1-2H3,(H2,23,24,26);1H. The van der Waals surface area contributed by atoms with Gasteiger partial charge >= 0.3 is 0 Å². The van der Waals surface area contributed by atoms with E-state index in [-0.39, 0.29) is 24.0 Å². The van der Waals surface area contributed by atoms with Gasteiger partial charge in [-0.15, -0.1) is 24.0 Å². The Morgan fingerprint density at radius 2 is 2.25 bits per heavy atom. The summed E-state index contributed by atoms with van der Waals surface area (Å²) >= 11 is 6.04. The predicted octanol–water partition coefficient (Wildman–Crippen LogP) is 3.12. The Kier molecular flexibility index (Phi) is 8.74. The molecular weight excluding hydrogens is 543 g/mol. The number of aliphatic imine (C=N–C) groups is 1. The average Bonchev–Trinajstić information content (AvgIpc) is 3.42. The van der Waals surface area contributed by atoms with Gasteiger partial charge in [0.1, 0.15) is 0 Å². The minimum Gasteiger partial charge on any atom is -0.367 e. The van der Waals surface area contributed by atoms with Crippen LogP contribution < -0.4 is 15.5 Å². The third-order valence-corrected chi connectivity index (χ3v) is 5.46. The lowest BCUT2D eigenvalue weighted by atomic mass is 10.1. The van der Waals surface area contributed by atoms with Crippen molar-refractivity contribution in [2.24, 2.45) is 12.0 Å². The summed E-state index contributed by atoms with van der Waals surface area (Å²) in [5, 5.41) is 15.8. The van der Waals surface area contributed by atoms with E-state index in [0.717, 1.165) is 43.1 Å². The fraction of sp³-hybridized carbons (Fsp3) is 0.429. The van der Waals surface area contributed by atoms with Crippen molar-refractivity contribution in [1.82, 2.24) is 30.6 Å². The van der Waals surface area contributed by atoms with Crippen molar-refractivity contribution in [3.05, 3.63) is 47.6 Å². The summed E-state index contributed by atoms with van der Waals surface area (Å²) in [6, 6.07) is 7.73. The Balaban J connectivity index is 0.00000289. The van der Waals surface area contributed by atoms with E-state index in [0.29, 0.717) is 35.7 Å². The minimum atomic E-state index is 0. The summed E-state index contributed by atoms with van der Waals surface area (Å²) in [4.78, 5) is 11.2. The summed E-state index contributed by atoms with van der Waals surface area (Å²) in [5.41, 5.74) is 1.99. The van der Waals surface area contributed by atoms with Gasteiger partial charge in [-0.25, -0.2) is 0 Å². The second-order valence-electron chi connectivity index (χ2n) is 7.57. The van der Waals surface area contributed by atoms with Crippen molar-refractivity contribution in [2.75, 3.05) is 31.6 Å². The molecule has 2 N–H and O–H groups in total. The van der Waals surface area contributed by atoms with Crippen LogP contribution in [0.3, 0.4) is 0 Å². The fourth-order valence-corrected chi connectivity index (χ4v) is 3.87. The number of anilines is 1. The largest absolute Gasteiger partial charge is 0.367 e. The Labute approximate surface area is 209 Å². The van der Waals surface area contributed by atoms with Gasteiger partial charge in [0.2, 0.25) is 11.7 Å². The molecule has 1 unspecified atom stereocenters. The molecule has 1 aromatic carbocycles. The normalized spacial score (nSPS) is 16.5. The number of aromatic nitrogens is 4. The van der Waals surface area contributed by atoms with Gasteiger partial charge in [-0.05, 0) is 25.0 Å². The summed E-state index contributed by atoms with van der Waals surface area (Å²) in [7, 11) is 3.72. The Hall–Kier alpha value is -2.34. The first-order chi connectivity index (χ1) is 15.1. The molecule has 0 saturated carbocycles. The zero-order chi connectivity index (χ0) is 21.6. The lowest BCUT2D eigenvalue weighted by molar-refractivity contribution is 0.378. The number of hydrogen-bond donors (Lipinski definition) is 2. The molecule has 3 heterocycles. The zero-order valence-electron chi connectivity index (χ0n) is 18.2. The predicted molar refractivity (Wildman–Crippen MR) is 137 cm³/mol. The third kappa shape index (κ3) is 6.35. The van der Waals surface area contributed by atoms with Gasteiger partial charge in [-0.3, -0.25) is 9.67 Å². The van der Waals surface area contributed by atoms with Crippen molar-refractivity contribution in [2.45, 2.75) is 25.3 Å². The molecule has 2 aromatic heterocycles.